The molecule has 8 nitrogen and oxygen atoms in total. The highest BCUT2D eigenvalue weighted by atomic mass is 32.2. The molecule has 0 fully saturated rings. The van der Waals surface area contributed by atoms with Crippen LogP contribution < -0.4 is 10.5 Å². The molecule has 1 heterocycles. The Morgan fingerprint density at radius 3 is 2.45 bits per heavy atom. The summed E-state index contributed by atoms with van der Waals surface area (Å²) in [6, 6.07) is 7.53. The van der Waals surface area contributed by atoms with Gasteiger partial charge >= 0.3 is 0 Å². The molecule has 0 bridgehead atoms. The van der Waals surface area contributed by atoms with E-state index in [0.29, 0.717) is 17.9 Å². The summed E-state index contributed by atoms with van der Waals surface area (Å²) in [6.45, 7) is 2.11. The Kier molecular flexibility index (Phi) is 4.38. The van der Waals surface area contributed by atoms with Crippen molar-refractivity contribution in [2.45, 2.75) is 18.4 Å². The van der Waals surface area contributed by atoms with E-state index < -0.39 is 14.9 Å². The minimum Gasteiger partial charge on any atom is -0.366 e. The number of primary sulfonamides is 1. The van der Waals surface area contributed by atoms with Gasteiger partial charge in [0.25, 0.3) is 5.69 Å². The lowest BCUT2D eigenvalue weighted by atomic mass is 10.2. The molecule has 0 aliphatic rings. The van der Waals surface area contributed by atoms with Crippen molar-refractivity contribution in [2.24, 2.45) is 5.14 Å². The van der Waals surface area contributed by atoms with E-state index in [9.17, 15) is 18.5 Å². The number of rotatable bonds is 5. The second kappa shape index (κ2) is 6.08. The third kappa shape index (κ3) is 3.77. The first kappa shape index (κ1) is 15.9. The Morgan fingerprint density at radius 2 is 1.95 bits per heavy atom. The highest BCUT2D eigenvalue weighted by molar-refractivity contribution is 7.89. The van der Waals surface area contributed by atoms with Crippen molar-refractivity contribution in [1.82, 2.24) is 4.98 Å². The molecule has 0 unspecified atom stereocenters. The number of nitrogens with one attached hydrogen (secondary N) is 1. The van der Waals surface area contributed by atoms with Gasteiger partial charge in [-0.3, -0.25) is 10.1 Å². The lowest BCUT2D eigenvalue weighted by molar-refractivity contribution is -0.385. The van der Waals surface area contributed by atoms with Gasteiger partial charge in [-0.15, -0.1) is 0 Å². The summed E-state index contributed by atoms with van der Waals surface area (Å²) in [5.74, 6) is 0.529. The predicted molar refractivity (Wildman–Crippen MR) is 80.8 cm³/mol. The fourth-order valence-corrected chi connectivity index (χ4v) is 2.34. The van der Waals surface area contributed by atoms with Crippen molar-refractivity contribution in [1.29, 1.82) is 0 Å². The van der Waals surface area contributed by atoms with Gasteiger partial charge in [-0.2, -0.15) is 0 Å². The number of benzene rings is 1. The third-order valence-electron chi connectivity index (χ3n) is 2.99. The quantitative estimate of drug-likeness (QED) is 0.635. The standard InChI is InChI=1S/C13H14N4O4S/c1-9-6-11(17(18)19)8-16-13(9)15-7-10-2-4-12(5-3-10)22(14,20)21/h2-6,8H,7H2,1H3,(H,15,16)(H2,14,20,21). The largest absolute Gasteiger partial charge is 0.366 e. The number of pyridine rings is 1. The van der Waals surface area contributed by atoms with Crippen LogP contribution in [0.2, 0.25) is 0 Å². The molecular weight excluding hydrogens is 308 g/mol. The average Bonchev–Trinajstić information content (AvgIpc) is 2.45. The van der Waals surface area contributed by atoms with E-state index in [0.717, 1.165) is 5.56 Å². The normalized spacial score (nSPS) is 11.2. The van der Waals surface area contributed by atoms with Crippen molar-refractivity contribution >= 4 is 21.5 Å². The third-order valence-corrected chi connectivity index (χ3v) is 3.92. The Morgan fingerprint density at radius 1 is 1.32 bits per heavy atom. The van der Waals surface area contributed by atoms with Gasteiger partial charge in [-0.1, -0.05) is 12.1 Å². The number of anilines is 1. The molecule has 0 saturated heterocycles. The molecule has 0 spiro atoms. The van der Waals surface area contributed by atoms with Gasteiger partial charge in [0.05, 0.1) is 9.82 Å². The summed E-state index contributed by atoms with van der Waals surface area (Å²) >= 11 is 0. The van der Waals surface area contributed by atoms with Gasteiger partial charge < -0.3 is 5.32 Å². The predicted octanol–water partition coefficient (Wildman–Crippen LogP) is 1.56. The molecule has 0 aliphatic carbocycles. The number of nitrogens with two attached hydrogens (primary N) is 1. The van der Waals surface area contributed by atoms with Gasteiger partial charge in [-0.25, -0.2) is 18.5 Å². The maximum absolute atomic E-state index is 11.2. The molecular formula is C13H14N4O4S. The zero-order valence-corrected chi connectivity index (χ0v) is 12.5. The highest BCUT2D eigenvalue weighted by Gasteiger charge is 2.10. The fourth-order valence-electron chi connectivity index (χ4n) is 1.83. The Balaban J connectivity index is 2.09. The van der Waals surface area contributed by atoms with Crippen molar-refractivity contribution in [3.8, 4) is 0 Å². The van der Waals surface area contributed by atoms with Crippen molar-refractivity contribution < 1.29 is 13.3 Å². The molecule has 2 aromatic rings. The van der Waals surface area contributed by atoms with E-state index in [1.54, 1.807) is 19.1 Å². The summed E-state index contributed by atoms with van der Waals surface area (Å²) in [7, 11) is -3.70. The van der Waals surface area contributed by atoms with Crippen molar-refractivity contribution in [3.63, 3.8) is 0 Å². The van der Waals surface area contributed by atoms with E-state index in [2.05, 4.69) is 10.3 Å². The first-order valence-electron chi connectivity index (χ1n) is 6.24. The SMILES string of the molecule is Cc1cc([N+](=O)[O-])cnc1NCc1ccc(S(N)(=O)=O)cc1. The van der Waals surface area contributed by atoms with E-state index in [1.165, 1.54) is 24.4 Å². The topological polar surface area (TPSA) is 128 Å². The smallest absolute Gasteiger partial charge is 0.287 e. The van der Waals surface area contributed by atoms with Gasteiger partial charge in [0.2, 0.25) is 10.0 Å². The van der Waals surface area contributed by atoms with E-state index in [4.69, 9.17) is 5.14 Å². The van der Waals surface area contributed by atoms with Crippen LogP contribution in [-0.2, 0) is 16.6 Å². The summed E-state index contributed by atoms with van der Waals surface area (Å²) in [5, 5.41) is 18.7. The van der Waals surface area contributed by atoms with Gasteiger partial charge in [0, 0.05) is 12.6 Å². The van der Waals surface area contributed by atoms with Crippen molar-refractivity contribution in [3.05, 3.63) is 57.8 Å². The van der Waals surface area contributed by atoms with Crippen LogP contribution in [0.4, 0.5) is 11.5 Å². The van der Waals surface area contributed by atoms with E-state index >= 15 is 0 Å². The van der Waals surface area contributed by atoms with Crippen LogP contribution in [0.15, 0.2) is 41.4 Å². The number of aromatic nitrogens is 1. The maximum Gasteiger partial charge on any atom is 0.287 e. The fraction of sp³-hybridized carbons (Fsp3) is 0.154. The molecule has 116 valence electrons. The Bertz CT molecular complexity index is 803. The molecule has 1 aromatic heterocycles. The first-order valence-corrected chi connectivity index (χ1v) is 7.78. The van der Waals surface area contributed by atoms with Crippen LogP contribution in [0.5, 0.6) is 0 Å². The summed E-state index contributed by atoms with van der Waals surface area (Å²) in [4.78, 5) is 14.2. The van der Waals surface area contributed by atoms with Gasteiger partial charge in [-0.05, 0) is 30.2 Å². The number of nitro groups is 1. The van der Waals surface area contributed by atoms with Gasteiger partial charge in [0.15, 0.2) is 0 Å². The molecule has 9 heteroatoms. The molecule has 2 rings (SSSR count). The molecule has 0 aliphatic heterocycles. The zero-order chi connectivity index (χ0) is 16.3. The van der Waals surface area contributed by atoms with Crippen LogP contribution in [0, 0.1) is 17.0 Å². The second-order valence-electron chi connectivity index (χ2n) is 4.66. The second-order valence-corrected chi connectivity index (χ2v) is 6.22. The van der Waals surface area contributed by atoms with Gasteiger partial charge in [0.1, 0.15) is 12.0 Å². The number of sulfonamides is 1. The average molecular weight is 322 g/mol. The highest BCUT2D eigenvalue weighted by Crippen LogP contribution is 2.18. The molecule has 0 amide bonds. The molecule has 22 heavy (non-hydrogen) atoms. The minimum atomic E-state index is -3.70. The molecule has 0 atom stereocenters. The van der Waals surface area contributed by atoms with E-state index in [-0.39, 0.29) is 10.6 Å². The summed E-state index contributed by atoms with van der Waals surface area (Å²) < 4.78 is 22.3. The minimum absolute atomic E-state index is 0.0425. The van der Waals surface area contributed by atoms with Crippen molar-refractivity contribution in [2.75, 3.05) is 5.32 Å². The zero-order valence-electron chi connectivity index (χ0n) is 11.7. The number of nitrogens with zero attached hydrogens (tertiary/aromatic N) is 2. The van der Waals surface area contributed by atoms with Crippen LogP contribution in [0.25, 0.3) is 0 Å². The van der Waals surface area contributed by atoms with Crippen LogP contribution >= 0.6 is 0 Å². The monoisotopic (exact) mass is 322 g/mol. The summed E-state index contributed by atoms with van der Waals surface area (Å²) in [6.07, 6.45) is 1.18. The molecule has 3 N–H and O–H groups in total. The number of hydrogen-bond donors (Lipinski definition) is 2. The van der Waals surface area contributed by atoms with Crippen LogP contribution in [0.1, 0.15) is 11.1 Å². The maximum atomic E-state index is 11.2. The number of hydrogen-bond acceptors (Lipinski definition) is 6. The Labute approximate surface area is 127 Å². The van der Waals surface area contributed by atoms with Crippen LogP contribution in [-0.4, -0.2) is 18.3 Å². The molecule has 0 radical (unpaired) electrons. The first-order chi connectivity index (χ1) is 10.3. The lowest BCUT2D eigenvalue weighted by Gasteiger charge is -2.08. The summed E-state index contributed by atoms with van der Waals surface area (Å²) in [5.41, 5.74) is 1.41. The van der Waals surface area contributed by atoms with Crippen LogP contribution in [0.3, 0.4) is 0 Å². The van der Waals surface area contributed by atoms with E-state index in [1.807, 2.05) is 0 Å². The molecule has 1 aromatic carbocycles. The number of aryl methyl sites for hydroxylation is 1. The lowest BCUT2D eigenvalue weighted by Crippen LogP contribution is -2.12. The Hall–Kier alpha value is -2.52. The molecule has 0 saturated carbocycles.